The molecule has 3 aromatic rings. The molecule has 0 unspecified atom stereocenters. The second-order valence-corrected chi connectivity index (χ2v) is 8.37. The number of para-hydroxylation sites is 2. The summed E-state index contributed by atoms with van der Waals surface area (Å²) < 4.78 is 17.0. The second-order valence-electron chi connectivity index (χ2n) is 7.40. The molecule has 32 heavy (non-hydrogen) atoms. The van der Waals surface area contributed by atoms with E-state index in [4.69, 9.17) is 14.2 Å². The molecule has 4 rings (SSSR count). The predicted octanol–water partition coefficient (Wildman–Crippen LogP) is 4.01. The molecule has 0 spiro atoms. The zero-order chi connectivity index (χ0) is 22.0. The van der Waals surface area contributed by atoms with Gasteiger partial charge in [0.2, 0.25) is 0 Å². The molecule has 2 heterocycles. The van der Waals surface area contributed by atoms with Crippen molar-refractivity contribution in [2.24, 2.45) is 0 Å². The minimum Gasteiger partial charge on any atom is -0.490 e. The number of thiophene rings is 1. The van der Waals surface area contributed by atoms with Gasteiger partial charge in [-0.1, -0.05) is 36.4 Å². The summed E-state index contributed by atoms with van der Waals surface area (Å²) in [7, 11) is 0. The van der Waals surface area contributed by atoms with Crippen LogP contribution in [0.1, 0.15) is 21.3 Å². The maximum atomic E-state index is 13.0. The van der Waals surface area contributed by atoms with Gasteiger partial charge in [0.05, 0.1) is 24.8 Å². The van der Waals surface area contributed by atoms with Gasteiger partial charge in [-0.15, -0.1) is 11.3 Å². The van der Waals surface area contributed by atoms with E-state index in [1.165, 1.54) is 4.88 Å². The molecule has 1 N–H and O–H groups in total. The Morgan fingerprint density at radius 1 is 0.969 bits per heavy atom. The quantitative estimate of drug-likeness (QED) is 0.471. The van der Waals surface area contributed by atoms with E-state index in [9.17, 15) is 4.79 Å². The molecular weight excluding hydrogens is 424 g/mol. The number of ether oxygens (including phenoxy) is 3. The van der Waals surface area contributed by atoms with Crippen LogP contribution >= 0.6 is 11.3 Å². The number of nitrogens with one attached hydrogen (secondary N) is 1. The van der Waals surface area contributed by atoms with Crippen LogP contribution in [0.4, 0.5) is 0 Å². The van der Waals surface area contributed by atoms with Gasteiger partial charge in [-0.3, -0.25) is 9.69 Å². The average molecular weight is 453 g/mol. The van der Waals surface area contributed by atoms with Crippen molar-refractivity contribution >= 4 is 17.2 Å². The van der Waals surface area contributed by atoms with Crippen molar-refractivity contribution < 1.29 is 19.0 Å². The highest BCUT2D eigenvalue weighted by molar-refractivity contribution is 7.10. The van der Waals surface area contributed by atoms with Gasteiger partial charge in [0.25, 0.3) is 5.91 Å². The molecule has 0 radical (unpaired) electrons. The summed E-state index contributed by atoms with van der Waals surface area (Å²) in [4.78, 5) is 16.6. The van der Waals surface area contributed by atoms with Crippen LogP contribution in [0.25, 0.3) is 0 Å². The molecule has 1 amide bonds. The van der Waals surface area contributed by atoms with E-state index in [0.717, 1.165) is 32.1 Å². The Labute approximate surface area is 192 Å². The second kappa shape index (κ2) is 11.7. The molecule has 1 aliphatic rings. The van der Waals surface area contributed by atoms with Crippen molar-refractivity contribution in [2.45, 2.75) is 6.04 Å². The van der Waals surface area contributed by atoms with E-state index in [0.29, 0.717) is 31.1 Å². The highest BCUT2D eigenvalue weighted by Crippen LogP contribution is 2.26. The van der Waals surface area contributed by atoms with Gasteiger partial charge in [0, 0.05) is 24.5 Å². The molecule has 1 fully saturated rings. The van der Waals surface area contributed by atoms with Gasteiger partial charge in [-0.25, -0.2) is 0 Å². The monoisotopic (exact) mass is 452 g/mol. The Kier molecular flexibility index (Phi) is 8.14. The van der Waals surface area contributed by atoms with Gasteiger partial charge >= 0.3 is 0 Å². The lowest BCUT2D eigenvalue weighted by atomic mass is 10.1. The minimum absolute atomic E-state index is 0.134. The van der Waals surface area contributed by atoms with Crippen LogP contribution in [0.15, 0.2) is 72.1 Å². The van der Waals surface area contributed by atoms with Crippen LogP contribution in [0.2, 0.25) is 0 Å². The number of hydrogen-bond acceptors (Lipinski definition) is 6. The molecule has 0 saturated carbocycles. The normalized spacial score (nSPS) is 15.1. The van der Waals surface area contributed by atoms with Crippen molar-refractivity contribution in [1.82, 2.24) is 10.2 Å². The Balaban J connectivity index is 1.34. The molecule has 0 aliphatic carbocycles. The van der Waals surface area contributed by atoms with Gasteiger partial charge in [-0.05, 0) is 35.7 Å². The fourth-order valence-corrected chi connectivity index (χ4v) is 4.53. The Hall–Kier alpha value is -2.87. The molecule has 0 bridgehead atoms. The lowest BCUT2D eigenvalue weighted by molar-refractivity contribution is 0.0169. The van der Waals surface area contributed by atoms with Crippen molar-refractivity contribution in [2.75, 3.05) is 46.1 Å². The summed E-state index contributed by atoms with van der Waals surface area (Å²) in [5.41, 5.74) is 0.527. The van der Waals surface area contributed by atoms with Gasteiger partial charge in [0.15, 0.2) is 0 Å². The molecule has 1 saturated heterocycles. The van der Waals surface area contributed by atoms with Crippen LogP contribution in [0.3, 0.4) is 0 Å². The standard InChI is InChI=1S/C25H28N2O4S/c28-25(26-19-22(24-11-6-18-32-24)27-12-14-29-15-13-27)21-9-4-5-10-23(21)31-17-16-30-20-7-2-1-3-8-20/h1-11,18,22H,12-17,19H2,(H,26,28)/t22-/m1/s1. The predicted molar refractivity (Wildman–Crippen MR) is 126 cm³/mol. The smallest absolute Gasteiger partial charge is 0.255 e. The SMILES string of the molecule is O=C(NC[C@H](c1cccs1)N1CCOCC1)c1ccccc1OCCOc1ccccc1. The van der Waals surface area contributed by atoms with Crippen LogP contribution in [-0.4, -0.2) is 56.9 Å². The number of nitrogens with zero attached hydrogens (tertiary/aromatic N) is 1. The molecule has 168 valence electrons. The Morgan fingerprint density at radius 2 is 1.72 bits per heavy atom. The number of rotatable bonds is 10. The topological polar surface area (TPSA) is 60.0 Å². The number of amides is 1. The van der Waals surface area contributed by atoms with E-state index in [1.807, 2.05) is 48.5 Å². The van der Waals surface area contributed by atoms with Gasteiger partial charge in [0.1, 0.15) is 24.7 Å². The van der Waals surface area contributed by atoms with Crippen LogP contribution in [0, 0.1) is 0 Å². The van der Waals surface area contributed by atoms with Crippen molar-refractivity contribution in [3.63, 3.8) is 0 Å². The van der Waals surface area contributed by atoms with Crippen LogP contribution in [0.5, 0.6) is 11.5 Å². The van der Waals surface area contributed by atoms with Gasteiger partial charge < -0.3 is 19.5 Å². The first-order valence-electron chi connectivity index (χ1n) is 10.8. The summed E-state index contributed by atoms with van der Waals surface area (Å²) in [6, 6.07) is 21.2. The lowest BCUT2D eigenvalue weighted by Gasteiger charge is -2.34. The fraction of sp³-hybridized carbons (Fsp3) is 0.320. The zero-order valence-electron chi connectivity index (χ0n) is 17.9. The number of benzene rings is 2. The number of morpholine rings is 1. The lowest BCUT2D eigenvalue weighted by Crippen LogP contribution is -2.43. The highest BCUT2D eigenvalue weighted by atomic mass is 32.1. The number of hydrogen-bond donors (Lipinski definition) is 1. The molecule has 1 atom stereocenters. The third-order valence-corrected chi connectivity index (χ3v) is 6.27. The van der Waals surface area contributed by atoms with E-state index in [1.54, 1.807) is 17.4 Å². The maximum Gasteiger partial charge on any atom is 0.255 e. The molecule has 6 nitrogen and oxygen atoms in total. The summed E-state index contributed by atoms with van der Waals surface area (Å²) in [5.74, 6) is 1.21. The summed E-state index contributed by atoms with van der Waals surface area (Å²) in [5, 5.41) is 5.19. The zero-order valence-corrected chi connectivity index (χ0v) is 18.8. The third kappa shape index (κ3) is 6.09. The van der Waals surface area contributed by atoms with Gasteiger partial charge in [-0.2, -0.15) is 0 Å². The highest BCUT2D eigenvalue weighted by Gasteiger charge is 2.24. The van der Waals surface area contributed by atoms with Crippen LogP contribution in [-0.2, 0) is 4.74 Å². The number of carbonyl (C=O) groups excluding carboxylic acids is 1. The summed E-state index contributed by atoms with van der Waals surface area (Å²) >= 11 is 1.71. The van der Waals surface area contributed by atoms with Crippen molar-refractivity contribution in [1.29, 1.82) is 0 Å². The Morgan fingerprint density at radius 3 is 2.50 bits per heavy atom. The van der Waals surface area contributed by atoms with Crippen LogP contribution < -0.4 is 14.8 Å². The van der Waals surface area contributed by atoms with E-state index >= 15 is 0 Å². The fourth-order valence-electron chi connectivity index (χ4n) is 3.67. The molecular formula is C25H28N2O4S. The van der Waals surface area contributed by atoms with Crippen molar-refractivity contribution in [3.8, 4) is 11.5 Å². The van der Waals surface area contributed by atoms with Crippen molar-refractivity contribution in [3.05, 3.63) is 82.6 Å². The molecule has 1 aliphatic heterocycles. The minimum atomic E-state index is -0.139. The summed E-state index contributed by atoms with van der Waals surface area (Å²) in [6.07, 6.45) is 0. The average Bonchev–Trinajstić information content (AvgIpc) is 3.38. The summed E-state index contributed by atoms with van der Waals surface area (Å²) in [6.45, 7) is 4.45. The largest absolute Gasteiger partial charge is 0.490 e. The first-order chi connectivity index (χ1) is 15.8. The van der Waals surface area contributed by atoms with E-state index in [-0.39, 0.29) is 11.9 Å². The number of carbonyl (C=O) groups is 1. The Bertz CT molecular complexity index is 959. The first-order valence-corrected chi connectivity index (χ1v) is 11.7. The molecule has 1 aromatic heterocycles. The third-order valence-electron chi connectivity index (χ3n) is 5.30. The van der Waals surface area contributed by atoms with E-state index in [2.05, 4.69) is 27.7 Å². The molecule has 7 heteroatoms. The first kappa shape index (κ1) is 22.3. The van der Waals surface area contributed by atoms with E-state index < -0.39 is 0 Å². The maximum absolute atomic E-state index is 13.0. The molecule has 2 aromatic carbocycles.